The molecule has 0 saturated carbocycles. The van der Waals surface area contributed by atoms with E-state index in [1.807, 2.05) is 0 Å². The van der Waals surface area contributed by atoms with Gasteiger partial charge in [0.2, 0.25) is 5.95 Å². The number of aryl methyl sites for hydroxylation is 2. The number of piperidine rings is 1. The number of anilines is 1. The van der Waals surface area contributed by atoms with Crippen molar-refractivity contribution in [2.75, 3.05) is 51.4 Å². The molecule has 0 amide bonds. The standard InChI is InChI=1S/C23H32N4O3/c1-16-12-21(29-3)17(2)11-19(16)15-26-6-4-5-18(14-26)20-13-22(28)25-23(24-20)27-7-9-30-10-8-27/h11-13,18H,4-10,14-15H2,1-3H3,(H,24,25,28). The minimum absolute atomic E-state index is 0.0692. The number of likely N-dealkylation sites (tertiary alicyclic amines) is 1. The van der Waals surface area contributed by atoms with Gasteiger partial charge in [0.05, 0.1) is 26.0 Å². The summed E-state index contributed by atoms with van der Waals surface area (Å²) in [5, 5.41) is 0. The van der Waals surface area contributed by atoms with Crippen molar-refractivity contribution in [2.45, 2.75) is 39.2 Å². The van der Waals surface area contributed by atoms with Crippen LogP contribution in [0.4, 0.5) is 5.95 Å². The predicted octanol–water partition coefficient (Wildman–Crippen LogP) is 2.61. The Hall–Kier alpha value is -2.38. The van der Waals surface area contributed by atoms with Crippen LogP contribution in [0.3, 0.4) is 0 Å². The minimum atomic E-state index is -0.0692. The van der Waals surface area contributed by atoms with Gasteiger partial charge in [0.1, 0.15) is 5.75 Å². The quantitative estimate of drug-likeness (QED) is 0.814. The maximum atomic E-state index is 12.3. The molecule has 0 aliphatic carbocycles. The third-order valence-electron chi connectivity index (χ3n) is 6.23. The second kappa shape index (κ2) is 9.18. The van der Waals surface area contributed by atoms with Crippen molar-refractivity contribution in [2.24, 2.45) is 0 Å². The third kappa shape index (κ3) is 4.68. The molecule has 2 aliphatic heterocycles. The van der Waals surface area contributed by atoms with Gasteiger partial charge in [-0.15, -0.1) is 0 Å². The zero-order chi connectivity index (χ0) is 21.1. The van der Waals surface area contributed by atoms with Gasteiger partial charge >= 0.3 is 0 Å². The van der Waals surface area contributed by atoms with Gasteiger partial charge in [-0.05, 0) is 56.0 Å². The smallest absolute Gasteiger partial charge is 0.252 e. The van der Waals surface area contributed by atoms with Gasteiger partial charge in [0, 0.05) is 38.2 Å². The third-order valence-corrected chi connectivity index (χ3v) is 6.23. The molecule has 3 heterocycles. The minimum Gasteiger partial charge on any atom is -0.496 e. The van der Waals surface area contributed by atoms with E-state index >= 15 is 0 Å². The Balaban J connectivity index is 1.50. The van der Waals surface area contributed by atoms with E-state index in [0.717, 1.165) is 62.6 Å². The molecule has 0 bridgehead atoms. The van der Waals surface area contributed by atoms with Gasteiger partial charge in [0.15, 0.2) is 0 Å². The normalized spacial score (nSPS) is 20.4. The Morgan fingerprint density at radius 3 is 2.73 bits per heavy atom. The number of hydrogen-bond donors (Lipinski definition) is 1. The number of rotatable bonds is 5. The van der Waals surface area contributed by atoms with Crippen LogP contribution in [0.25, 0.3) is 0 Å². The van der Waals surface area contributed by atoms with Gasteiger partial charge in [-0.3, -0.25) is 14.7 Å². The number of nitrogens with zero attached hydrogens (tertiary/aromatic N) is 3. The van der Waals surface area contributed by atoms with E-state index in [0.29, 0.717) is 19.2 Å². The molecule has 1 aromatic carbocycles. The maximum absolute atomic E-state index is 12.3. The summed E-state index contributed by atoms with van der Waals surface area (Å²) >= 11 is 0. The van der Waals surface area contributed by atoms with Gasteiger partial charge in [0.25, 0.3) is 5.56 Å². The molecule has 1 atom stereocenters. The highest BCUT2D eigenvalue weighted by Gasteiger charge is 2.25. The van der Waals surface area contributed by atoms with E-state index in [9.17, 15) is 4.79 Å². The van der Waals surface area contributed by atoms with Crippen LogP contribution in [0, 0.1) is 13.8 Å². The van der Waals surface area contributed by atoms with Crippen LogP contribution in [-0.4, -0.2) is 61.4 Å². The number of methoxy groups -OCH3 is 1. The van der Waals surface area contributed by atoms with Crippen molar-refractivity contribution in [3.05, 3.63) is 50.9 Å². The van der Waals surface area contributed by atoms with Crippen LogP contribution in [-0.2, 0) is 11.3 Å². The summed E-state index contributed by atoms with van der Waals surface area (Å²) in [4.78, 5) is 24.7. The van der Waals surface area contributed by atoms with Crippen molar-refractivity contribution >= 4 is 5.95 Å². The van der Waals surface area contributed by atoms with E-state index in [4.69, 9.17) is 14.5 Å². The molecule has 2 aromatic rings. The Kier molecular flexibility index (Phi) is 6.39. The zero-order valence-electron chi connectivity index (χ0n) is 18.2. The molecule has 1 N–H and O–H groups in total. The fourth-order valence-electron chi connectivity index (χ4n) is 4.52. The summed E-state index contributed by atoms with van der Waals surface area (Å²) in [5.74, 6) is 1.90. The molecular formula is C23H32N4O3. The lowest BCUT2D eigenvalue weighted by atomic mass is 9.93. The lowest BCUT2D eigenvalue weighted by Crippen LogP contribution is -2.39. The molecule has 2 fully saturated rings. The van der Waals surface area contributed by atoms with Gasteiger partial charge in [-0.25, -0.2) is 4.98 Å². The van der Waals surface area contributed by atoms with E-state index < -0.39 is 0 Å². The molecule has 162 valence electrons. The Morgan fingerprint density at radius 2 is 1.97 bits per heavy atom. The Bertz CT molecular complexity index is 937. The van der Waals surface area contributed by atoms with Crippen molar-refractivity contribution in [3.63, 3.8) is 0 Å². The zero-order valence-corrected chi connectivity index (χ0v) is 18.2. The van der Waals surface area contributed by atoms with Crippen LogP contribution in [0.15, 0.2) is 23.0 Å². The summed E-state index contributed by atoms with van der Waals surface area (Å²) in [7, 11) is 1.72. The number of aromatic nitrogens is 2. The second-order valence-electron chi connectivity index (χ2n) is 8.42. The molecule has 1 aromatic heterocycles. The lowest BCUT2D eigenvalue weighted by molar-refractivity contribution is 0.122. The first-order chi connectivity index (χ1) is 14.5. The van der Waals surface area contributed by atoms with Crippen molar-refractivity contribution in [1.29, 1.82) is 0 Å². The number of benzene rings is 1. The molecule has 0 spiro atoms. The van der Waals surface area contributed by atoms with Crippen LogP contribution in [0.5, 0.6) is 5.75 Å². The highest BCUT2D eigenvalue weighted by atomic mass is 16.5. The largest absolute Gasteiger partial charge is 0.496 e. The molecule has 30 heavy (non-hydrogen) atoms. The summed E-state index contributed by atoms with van der Waals surface area (Å²) < 4.78 is 10.9. The predicted molar refractivity (Wildman–Crippen MR) is 118 cm³/mol. The number of H-pyrrole nitrogens is 1. The summed E-state index contributed by atoms with van der Waals surface area (Å²) in [5.41, 5.74) is 4.59. The average Bonchev–Trinajstić information content (AvgIpc) is 2.76. The fraction of sp³-hybridized carbons (Fsp3) is 0.565. The Morgan fingerprint density at radius 1 is 1.17 bits per heavy atom. The van der Waals surface area contributed by atoms with E-state index in [1.54, 1.807) is 13.2 Å². The molecule has 1 unspecified atom stereocenters. The van der Waals surface area contributed by atoms with Crippen molar-refractivity contribution in [1.82, 2.24) is 14.9 Å². The fourth-order valence-corrected chi connectivity index (χ4v) is 4.52. The number of hydrogen-bond acceptors (Lipinski definition) is 6. The Labute approximate surface area is 178 Å². The number of aromatic amines is 1. The van der Waals surface area contributed by atoms with E-state index in [2.05, 4.69) is 40.8 Å². The first-order valence-electron chi connectivity index (χ1n) is 10.8. The molecule has 7 heteroatoms. The first kappa shape index (κ1) is 20.9. The lowest BCUT2D eigenvalue weighted by Gasteiger charge is -2.33. The molecule has 4 rings (SSSR count). The van der Waals surface area contributed by atoms with Crippen LogP contribution < -0.4 is 15.2 Å². The number of nitrogens with one attached hydrogen (secondary N) is 1. The maximum Gasteiger partial charge on any atom is 0.252 e. The summed E-state index contributed by atoms with van der Waals surface area (Å²) in [6.45, 7) is 10.0. The molecule has 2 aliphatic rings. The molecule has 2 saturated heterocycles. The van der Waals surface area contributed by atoms with Crippen molar-refractivity contribution in [3.8, 4) is 5.75 Å². The molecular weight excluding hydrogens is 380 g/mol. The topological polar surface area (TPSA) is 70.7 Å². The number of ether oxygens (including phenoxy) is 2. The first-order valence-corrected chi connectivity index (χ1v) is 10.8. The molecule has 0 radical (unpaired) electrons. The SMILES string of the molecule is COc1cc(C)c(CN2CCCC(c3cc(=O)[nH]c(N4CCOCC4)n3)C2)cc1C. The van der Waals surface area contributed by atoms with Gasteiger partial charge in [-0.1, -0.05) is 6.07 Å². The second-order valence-corrected chi connectivity index (χ2v) is 8.42. The van der Waals surface area contributed by atoms with Crippen LogP contribution in [0.1, 0.15) is 41.1 Å². The van der Waals surface area contributed by atoms with E-state index in [1.165, 1.54) is 11.1 Å². The average molecular weight is 413 g/mol. The van der Waals surface area contributed by atoms with Crippen molar-refractivity contribution < 1.29 is 9.47 Å². The summed E-state index contributed by atoms with van der Waals surface area (Å²) in [6.07, 6.45) is 2.18. The molecule has 7 nitrogen and oxygen atoms in total. The summed E-state index contributed by atoms with van der Waals surface area (Å²) in [6, 6.07) is 6.04. The van der Waals surface area contributed by atoms with Gasteiger partial charge < -0.3 is 14.4 Å². The van der Waals surface area contributed by atoms with Crippen LogP contribution >= 0.6 is 0 Å². The van der Waals surface area contributed by atoms with E-state index in [-0.39, 0.29) is 11.5 Å². The number of morpholine rings is 1. The highest BCUT2D eigenvalue weighted by molar-refractivity contribution is 5.41. The highest BCUT2D eigenvalue weighted by Crippen LogP contribution is 2.29. The van der Waals surface area contributed by atoms with Crippen LogP contribution in [0.2, 0.25) is 0 Å². The van der Waals surface area contributed by atoms with Gasteiger partial charge in [-0.2, -0.15) is 0 Å². The monoisotopic (exact) mass is 412 g/mol.